The molecule has 0 aliphatic carbocycles. The zero-order valence-electron chi connectivity index (χ0n) is 16.5. The van der Waals surface area contributed by atoms with Crippen molar-refractivity contribution in [2.75, 3.05) is 16.0 Å². The standard InChI is InChI=1S/C22H24N4O2/c1-14(2)20-10-5-7-15(3)21(20)26-22(28)17(12-23)13-24-18-8-6-9-19(11-18)25-16(4)27/h5-11,13-14,24H,1-4H3,(H,25,27)(H,26,28)/b17-13-. The summed E-state index contributed by atoms with van der Waals surface area (Å²) >= 11 is 0. The third kappa shape index (κ3) is 5.45. The first-order chi connectivity index (χ1) is 13.3. The van der Waals surface area contributed by atoms with Crippen LogP contribution < -0.4 is 16.0 Å². The minimum atomic E-state index is -0.482. The molecule has 0 spiro atoms. The van der Waals surface area contributed by atoms with Gasteiger partial charge in [-0.05, 0) is 42.2 Å². The third-order valence-electron chi connectivity index (χ3n) is 4.10. The fourth-order valence-electron chi connectivity index (χ4n) is 2.72. The second-order valence-electron chi connectivity index (χ2n) is 6.72. The van der Waals surface area contributed by atoms with Crippen LogP contribution in [0.15, 0.2) is 54.2 Å². The fraction of sp³-hybridized carbons (Fsp3) is 0.227. The summed E-state index contributed by atoms with van der Waals surface area (Å²) in [7, 11) is 0. The molecule has 0 atom stereocenters. The smallest absolute Gasteiger partial charge is 0.267 e. The van der Waals surface area contributed by atoms with Gasteiger partial charge in [-0.15, -0.1) is 0 Å². The van der Waals surface area contributed by atoms with Gasteiger partial charge in [-0.1, -0.05) is 38.1 Å². The van der Waals surface area contributed by atoms with Crippen molar-refractivity contribution >= 4 is 28.9 Å². The Morgan fingerprint density at radius 1 is 1.07 bits per heavy atom. The molecule has 2 aromatic rings. The number of hydrogen-bond donors (Lipinski definition) is 3. The van der Waals surface area contributed by atoms with Crippen molar-refractivity contribution in [3.63, 3.8) is 0 Å². The van der Waals surface area contributed by atoms with Gasteiger partial charge in [0.1, 0.15) is 11.6 Å². The topological polar surface area (TPSA) is 94.0 Å². The van der Waals surface area contributed by atoms with E-state index in [1.165, 1.54) is 13.1 Å². The van der Waals surface area contributed by atoms with Gasteiger partial charge in [0, 0.05) is 30.2 Å². The summed E-state index contributed by atoms with van der Waals surface area (Å²) in [6.45, 7) is 7.45. The van der Waals surface area contributed by atoms with Crippen LogP contribution >= 0.6 is 0 Å². The Bertz CT molecular complexity index is 955. The molecule has 0 fully saturated rings. The Kier molecular flexibility index (Phi) is 6.94. The number of para-hydroxylation sites is 1. The van der Waals surface area contributed by atoms with Crippen LogP contribution in [0.4, 0.5) is 17.1 Å². The molecular weight excluding hydrogens is 352 g/mol. The van der Waals surface area contributed by atoms with Gasteiger partial charge < -0.3 is 16.0 Å². The predicted molar refractivity (Wildman–Crippen MR) is 112 cm³/mol. The van der Waals surface area contributed by atoms with E-state index in [1.807, 2.05) is 31.2 Å². The van der Waals surface area contributed by atoms with Crippen LogP contribution in [0.25, 0.3) is 0 Å². The summed E-state index contributed by atoms with van der Waals surface area (Å²) in [5.74, 6) is -0.424. The number of rotatable bonds is 6. The summed E-state index contributed by atoms with van der Waals surface area (Å²) in [6, 6.07) is 14.8. The van der Waals surface area contributed by atoms with Gasteiger partial charge in [0.05, 0.1) is 0 Å². The number of anilines is 3. The van der Waals surface area contributed by atoms with Crippen LogP contribution in [-0.4, -0.2) is 11.8 Å². The molecule has 0 saturated carbocycles. The lowest BCUT2D eigenvalue weighted by Gasteiger charge is -2.16. The molecule has 0 radical (unpaired) electrons. The molecule has 3 N–H and O–H groups in total. The molecule has 6 nitrogen and oxygen atoms in total. The molecule has 0 saturated heterocycles. The lowest BCUT2D eigenvalue weighted by molar-refractivity contribution is -0.114. The van der Waals surface area contributed by atoms with Crippen molar-refractivity contribution in [2.24, 2.45) is 0 Å². The van der Waals surface area contributed by atoms with Crippen LogP contribution in [-0.2, 0) is 9.59 Å². The summed E-state index contributed by atoms with van der Waals surface area (Å²) in [4.78, 5) is 23.8. The predicted octanol–water partition coefficient (Wildman–Crippen LogP) is 4.53. The third-order valence-corrected chi connectivity index (χ3v) is 4.10. The van der Waals surface area contributed by atoms with Crippen LogP contribution in [0.1, 0.15) is 37.8 Å². The molecule has 0 aliphatic rings. The van der Waals surface area contributed by atoms with Crippen LogP contribution in [0.2, 0.25) is 0 Å². The van der Waals surface area contributed by atoms with Crippen LogP contribution in [0.5, 0.6) is 0 Å². The zero-order chi connectivity index (χ0) is 20.7. The quantitative estimate of drug-likeness (QED) is 0.510. The van der Waals surface area contributed by atoms with Crippen molar-refractivity contribution in [3.05, 3.63) is 65.4 Å². The number of hydrogen-bond acceptors (Lipinski definition) is 4. The van der Waals surface area contributed by atoms with E-state index >= 15 is 0 Å². The minimum absolute atomic E-state index is 0.0529. The maximum atomic E-state index is 12.6. The van der Waals surface area contributed by atoms with Crippen molar-refractivity contribution in [2.45, 2.75) is 33.6 Å². The van der Waals surface area contributed by atoms with E-state index in [2.05, 4.69) is 29.8 Å². The van der Waals surface area contributed by atoms with Gasteiger partial charge in [0.2, 0.25) is 5.91 Å². The molecule has 2 amide bonds. The summed E-state index contributed by atoms with van der Waals surface area (Å²) in [5.41, 5.74) is 3.90. The first-order valence-electron chi connectivity index (χ1n) is 8.97. The van der Waals surface area contributed by atoms with Crippen molar-refractivity contribution < 1.29 is 9.59 Å². The monoisotopic (exact) mass is 376 g/mol. The Hall–Kier alpha value is -3.59. The van der Waals surface area contributed by atoms with Gasteiger partial charge in [0.15, 0.2) is 0 Å². The Balaban J connectivity index is 2.19. The summed E-state index contributed by atoms with van der Waals surface area (Å²) in [6.07, 6.45) is 1.36. The van der Waals surface area contributed by atoms with E-state index < -0.39 is 5.91 Å². The van der Waals surface area contributed by atoms with Crippen LogP contribution in [0, 0.1) is 18.3 Å². The van der Waals surface area contributed by atoms with Crippen molar-refractivity contribution in [1.29, 1.82) is 5.26 Å². The average Bonchev–Trinajstić information content (AvgIpc) is 2.63. The Morgan fingerprint density at radius 3 is 2.39 bits per heavy atom. The zero-order valence-corrected chi connectivity index (χ0v) is 16.5. The highest BCUT2D eigenvalue weighted by Crippen LogP contribution is 2.27. The van der Waals surface area contributed by atoms with Crippen LogP contribution in [0.3, 0.4) is 0 Å². The number of amides is 2. The van der Waals surface area contributed by atoms with Gasteiger partial charge in [-0.2, -0.15) is 5.26 Å². The highest BCUT2D eigenvalue weighted by atomic mass is 16.2. The molecule has 0 aliphatic heterocycles. The SMILES string of the molecule is CC(=O)Nc1cccc(N/C=C(/C#N)C(=O)Nc2c(C)cccc2C(C)C)c1. The average molecular weight is 376 g/mol. The van der Waals surface area contributed by atoms with Gasteiger partial charge in [-0.25, -0.2) is 0 Å². The van der Waals surface area contributed by atoms with Crippen molar-refractivity contribution in [1.82, 2.24) is 0 Å². The number of nitriles is 1. The first-order valence-corrected chi connectivity index (χ1v) is 8.97. The maximum Gasteiger partial charge on any atom is 0.267 e. The number of benzene rings is 2. The number of carbonyl (C=O) groups is 2. The first kappa shape index (κ1) is 20.7. The van der Waals surface area contributed by atoms with E-state index in [4.69, 9.17) is 0 Å². The molecule has 0 aromatic heterocycles. The van der Waals surface area contributed by atoms with E-state index in [-0.39, 0.29) is 17.4 Å². The molecule has 28 heavy (non-hydrogen) atoms. The van der Waals surface area contributed by atoms with Gasteiger partial charge >= 0.3 is 0 Å². The molecule has 6 heteroatoms. The molecule has 144 valence electrons. The van der Waals surface area contributed by atoms with Gasteiger partial charge in [0.25, 0.3) is 5.91 Å². The Labute approximate surface area is 165 Å². The second-order valence-corrected chi connectivity index (χ2v) is 6.72. The lowest BCUT2D eigenvalue weighted by Crippen LogP contribution is -2.17. The molecule has 0 unspecified atom stereocenters. The second kappa shape index (κ2) is 9.38. The van der Waals surface area contributed by atoms with Crippen molar-refractivity contribution in [3.8, 4) is 6.07 Å². The van der Waals surface area contributed by atoms with Gasteiger partial charge in [-0.3, -0.25) is 9.59 Å². The molecular formula is C22H24N4O2. The maximum absolute atomic E-state index is 12.6. The number of nitrogens with zero attached hydrogens (tertiary/aromatic N) is 1. The van der Waals surface area contributed by atoms with E-state index in [0.29, 0.717) is 11.4 Å². The molecule has 0 bridgehead atoms. The largest absolute Gasteiger partial charge is 0.360 e. The highest BCUT2D eigenvalue weighted by Gasteiger charge is 2.15. The Morgan fingerprint density at radius 2 is 1.75 bits per heavy atom. The summed E-state index contributed by atoms with van der Waals surface area (Å²) < 4.78 is 0. The molecule has 0 heterocycles. The molecule has 2 rings (SSSR count). The minimum Gasteiger partial charge on any atom is -0.360 e. The number of nitrogens with one attached hydrogen (secondary N) is 3. The number of aryl methyl sites for hydroxylation is 1. The summed E-state index contributed by atoms with van der Waals surface area (Å²) in [5, 5.41) is 17.9. The lowest BCUT2D eigenvalue weighted by atomic mass is 9.98. The van der Waals surface area contributed by atoms with E-state index in [1.54, 1.807) is 24.3 Å². The molecule has 2 aromatic carbocycles. The van der Waals surface area contributed by atoms with E-state index in [9.17, 15) is 14.9 Å². The van der Waals surface area contributed by atoms with E-state index in [0.717, 1.165) is 16.8 Å². The fourth-order valence-corrected chi connectivity index (χ4v) is 2.72. The number of carbonyl (C=O) groups excluding carboxylic acids is 2. The highest BCUT2D eigenvalue weighted by molar-refractivity contribution is 6.07. The normalized spacial score (nSPS) is 10.9.